The number of ether oxygens (including phenoxy) is 1. The fourth-order valence-electron chi connectivity index (χ4n) is 1.61. The molecule has 2 unspecified atom stereocenters. The molecule has 0 aliphatic carbocycles. The maximum Gasteiger partial charge on any atom is 0.119 e. The molecule has 0 amide bonds. The molecule has 0 aliphatic rings. The number of nitrogens with two attached hydrogens (primary N) is 1. The van der Waals surface area contributed by atoms with Gasteiger partial charge in [-0.05, 0) is 30.0 Å². The Balaban J connectivity index is 2.68. The van der Waals surface area contributed by atoms with Crippen molar-refractivity contribution in [2.45, 2.75) is 32.7 Å². The molecule has 2 N–H and O–H groups in total. The average molecular weight is 207 g/mol. The van der Waals surface area contributed by atoms with E-state index < -0.39 is 0 Å². The number of methoxy groups -OCH3 is 1. The fourth-order valence-corrected chi connectivity index (χ4v) is 1.61. The molecule has 0 saturated heterocycles. The van der Waals surface area contributed by atoms with Gasteiger partial charge >= 0.3 is 0 Å². The molecule has 0 bridgehead atoms. The Morgan fingerprint density at radius 2 is 2.13 bits per heavy atom. The second-order valence-corrected chi connectivity index (χ2v) is 4.13. The number of rotatable bonds is 5. The molecule has 1 rings (SSSR count). The van der Waals surface area contributed by atoms with Crippen molar-refractivity contribution in [3.63, 3.8) is 0 Å². The lowest BCUT2D eigenvalue weighted by Crippen LogP contribution is -2.13. The Hall–Kier alpha value is -1.02. The van der Waals surface area contributed by atoms with Gasteiger partial charge in [0.25, 0.3) is 0 Å². The van der Waals surface area contributed by atoms with Crippen LogP contribution in [-0.2, 0) is 0 Å². The summed E-state index contributed by atoms with van der Waals surface area (Å²) in [6, 6.07) is 8.14. The van der Waals surface area contributed by atoms with Crippen LogP contribution in [0.2, 0.25) is 0 Å². The van der Waals surface area contributed by atoms with Crippen LogP contribution in [0.3, 0.4) is 0 Å². The zero-order chi connectivity index (χ0) is 11.3. The Bertz CT molecular complexity index is 298. The molecule has 2 atom stereocenters. The Morgan fingerprint density at radius 3 is 2.73 bits per heavy atom. The maximum atomic E-state index is 6.14. The number of benzene rings is 1. The molecule has 0 radical (unpaired) electrons. The average Bonchev–Trinajstić information content (AvgIpc) is 2.28. The van der Waals surface area contributed by atoms with Crippen LogP contribution in [0.4, 0.5) is 0 Å². The van der Waals surface area contributed by atoms with Crippen molar-refractivity contribution in [2.24, 2.45) is 11.7 Å². The molecule has 84 valence electrons. The minimum atomic E-state index is 0.120. The molecule has 2 nitrogen and oxygen atoms in total. The van der Waals surface area contributed by atoms with Crippen molar-refractivity contribution < 1.29 is 4.74 Å². The Labute approximate surface area is 92.4 Å². The highest BCUT2D eigenvalue weighted by Gasteiger charge is 2.10. The van der Waals surface area contributed by atoms with Crippen molar-refractivity contribution in [3.8, 4) is 5.75 Å². The summed E-state index contributed by atoms with van der Waals surface area (Å²) in [5.41, 5.74) is 7.30. The smallest absolute Gasteiger partial charge is 0.119 e. The molecule has 1 aromatic carbocycles. The highest BCUT2D eigenvalue weighted by atomic mass is 16.5. The van der Waals surface area contributed by atoms with Crippen LogP contribution in [0, 0.1) is 5.92 Å². The monoisotopic (exact) mass is 207 g/mol. The zero-order valence-corrected chi connectivity index (χ0v) is 9.86. The minimum absolute atomic E-state index is 0.120. The normalized spacial score (nSPS) is 14.7. The van der Waals surface area contributed by atoms with Crippen LogP contribution in [0.15, 0.2) is 24.3 Å². The van der Waals surface area contributed by atoms with Gasteiger partial charge in [0.05, 0.1) is 7.11 Å². The summed E-state index contributed by atoms with van der Waals surface area (Å²) >= 11 is 0. The molecule has 0 aliphatic heterocycles. The van der Waals surface area contributed by atoms with Crippen LogP contribution < -0.4 is 10.5 Å². The van der Waals surface area contributed by atoms with E-state index in [0.29, 0.717) is 5.92 Å². The van der Waals surface area contributed by atoms with E-state index >= 15 is 0 Å². The molecule has 0 aromatic heterocycles. The van der Waals surface area contributed by atoms with E-state index in [9.17, 15) is 0 Å². The highest BCUT2D eigenvalue weighted by Crippen LogP contribution is 2.23. The Morgan fingerprint density at radius 1 is 1.40 bits per heavy atom. The van der Waals surface area contributed by atoms with Crippen LogP contribution >= 0.6 is 0 Å². The molecular formula is C13H21NO. The lowest BCUT2D eigenvalue weighted by molar-refractivity contribution is 0.412. The summed E-state index contributed by atoms with van der Waals surface area (Å²) in [7, 11) is 1.68. The van der Waals surface area contributed by atoms with Crippen molar-refractivity contribution in [1.82, 2.24) is 0 Å². The summed E-state index contributed by atoms with van der Waals surface area (Å²) in [5.74, 6) is 1.55. The van der Waals surface area contributed by atoms with Gasteiger partial charge in [-0.15, -0.1) is 0 Å². The van der Waals surface area contributed by atoms with E-state index in [2.05, 4.69) is 19.9 Å². The first-order valence-corrected chi connectivity index (χ1v) is 5.56. The van der Waals surface area contributed by atoms with E-state index in [0.717, 1.165) is 17.7 Å². The van der Waals surface area contributed by atoms with Crippen LogP contribution in [0.5, 0.6) is 5.75 Å². The van der Waals surface area contributed by atoms with Crippen molar-refractivity contribution in [1.29, 1.82) is 0 Å². The third-order valence-electron chi connectivity index (χ3n) is 2.88. The van der Waals surface area contributed by atoms with Crippen molar-refractivity contribution in [2.75, 3.05) is 7.11 Å². The van der Waals surface area contributed by atoms with E-state index in [-0.39, 0.29) is 6.04 Å². The topological polar surface area (TPSA) is 35.2 Å². The zero-order valence-electron chi connectivity index (χ0n) is 9.86. The predicted molar refractivity (Wildman–Crippen MR) is 64.0 cm³/mol. The predicted octanol–water partition coefficient (Wildman–Crippen LogP) is 3.13. The maximum absolute atomic E-state index is 6.14. The van der Waals surface area contributed by atoms with Crippen LogP contribution in [0.25, 0.3) is 0 Å². The summed E-state index contributed by atoms with van der Waals surface area (Å²) in [6.07, 6.45) is 2.21. The van der Waals surface area contributed by atoms with E-state index in [1.54, 1.807) is 7.11 Å². The molecular weight excluding hydrogens is 186 g/mol. The summed E-state index contributed by atoms with van der Waals surface area (Å²) < 4.78 is 5.18. The summed E-state index contributed by atoms with van der Waals surface area (Å²) in [6.45, 7) is 4.43. The molecule has 0 fully saturated rings. The largest absolute Gasteiger partial charge is 0.497 e. The van der Waals surface area contributed by atoms with Gasteiger partial charge in [-0.2, -0.15) is 0 Å². The Kier molecular flexibility index (Phi) is 4.63. The van der Waals surface area contributed by atoms with Gasteiger partial charge in [0, 0.05) is 6.04 Å². The summed E-state index contributed by atoms with van der Waals surface area (Å²) in [4.78, 5) is 0. The van der Waals surface area contributed by atoms with Gasteiger partial charge in [-0.3, -0.25) is 0 Å². The van der Waals surface area contributed by atoms with Gasteiger partial charge < -0.3 is 10.5 Å². The standard InChI is InChI=1S/C13H21NO/c1-4-10(2)8-13(14)11-6-5-7-12(9-11)15-3/h5-7,9-10,13H,4,8,14H2,1-3H3. The molecule has 0 saturated carbocycles. The van der Waals surface area contributed by atoms with E-state index in [1.807, 2.05) is 18.2 Å². The lowest BCUT2D eigenvalue weighted by Gasteiger charge is -2.16. The minimum Gasteiger partial charge on any atom is -0.497 e. The number of hydrogen-bond donors (Lipinski definition) is 1. The van der Waals surface area contributed by atoms with Crippen LogP contribution in [-0.4, -0.2) is 7.11 Å². The highest BCUT2D eigenvalue weighted by molar-refractivity contribution is 5.30. The molecule has 1 aromatic rings. The molecule has 2 heteroatoms. The van der Waals surface area contributed by atoms with Gasteiger partial charge in [-0.25, -0.2) is 0 Å². The first-order chi connectivity index (χ1) is 7.17. The van der Waals surface area contributed by atoms with Crippen molar-refractivity contribution >= 4 is 0 Å². The molecule has 0 heterocycles. The number of hydrogen-bond acceptors (Lipinski definition) is 2. The van der Waals surface area contributed by atoms with Crippen molar-refractivity contribution in [3.05, 3.63) is 29.8 Å². The van der Waals surface area contributed by atoms with Crippen LogP contribution in [0.1, 0.15) is 38.3 Å². The van der Waals surface area contributed by atoms with Gasteiger partial charge in [0.1, 0.15) is 5.75 Å². The van der Waals surface area contributed by atoms with Gasteiger partial charge in [0.15, 0.2) is 0 Å². The van der Waals surface area contributed by atoms with E-state index in [1.165, 1.54) is 6.42 Å². The molecule has 0 spiro atoms. The lowest BCUT2D eigenvalue weighted by atomic mass is 9.95. The van der Waals surface area contributed by atoms with Gasteiger partial charge in [-0.1, -0.05) is 32.4 Å². The van der Waals surface area contributed by atoms with E-state index in [4.69, 9.17) is 10.5 Å². The van der Waals surface area contributed by atoms with Gasteiger partial charge in [0.2, 0.25) is 0 Å². The second-order valence-electron chi connectivity index (χ2n) is 4.13. The quantitative estimate of drug-likeness (QED) is 0.805. The molecule has 15 heavy (non-hydrogen) atoms. The second kappa shape index (κ2) is 5.76. The fraction of sp³-hybridized carbons (Fsp3) is 0.538. The first-order valence-electron chi connectivity index (χ1n) is 5.56. The third kappa shape index (κ3) is 3.56. The summed E-state index contributed by atoms with van der Waals surface area (Å²) in [5, 5.41) is 0. The SMILES string of the molecule is CCC(C)CC(N)c1cccc(OC)c1. The third-order valence-corrected chi connectivity index (χ3v) is 2.88. The first kappa shape index (κ1) is 12.1.